The second-order valence-electron chi connectivity index (χ2n) is 4.17. The fourth-order valence-corrected chi connectivity index (χ4v) is 3.41. The number of sulfonamides is 1. The molecule has 0 aromatic carbocycles. The number of unbranched alkanes of at least 4 members (excludes halogenated alkanes) is 1. The Morgan fingerprint density at radius 1 is 1.50 bits per heavy atom. The normalized spacial score (nSPS) is 23.5. The van der Waals surface area contributed by atoms with Gasteiger partial charge in [0.05, 0.1) is 11.9 Å². The quantitative estimate of drug-likeness (QED) is 0.563. The summed E-state index contributed by atoms with van der Waals surface area (Å²) >= 11 is 5.50. The third kappa shape index (κ3) is 4.99. The van der Waals surface area contributed by atoms with Crippen molar-refractivity contribution in [2.24, 2.45) is 0 Å². The summed E-state index contributed by atoms with van der Waals surface area (Å²) in [5.74, 6) is 0.660. The largest absolute Gasteiger partial charge is 0.377 e. The molecule has 1 saturated heterocycles. The van der Waals surface area contributed by atoms with Crippen LogP contribution in [0.3, 0.4) is 0 Å². The van der Waals surface area contributed by atoms with Gasteiger partial charge in [0.25, 0.3) is 0 Å². The number of halogens is 1. The van der Waals surface area contributed by atoms with Gasteiger partial charge >= 0.3 is 0 Å². The summed E-state index contributed by atoms with van der Waals surface area (Å²) in [4.78, 5) is 0. The zero-order chi connectivity index (χ0) is 12.0. The first-order valence-electron chi connectivity index (χ1n) is 5.73. The van der Waals surface area contributed by atoms with Crippen LogP contribution in [-0.2, 0) is 14.8 Å². The topological polar surface area (TPSA) is 55.4 Å². The molecule has 1 heterocycles. The highest BCUT2D eigenvalue weighted by molar-refractivity contribution is 7.89. The third-order valence-electron chi connectivity index (χ3n) is 2.68. The molecule has 0 radical (unpaired) electrons. The fraction of sp³-hybridized carbons (Fsp3) is 1.00. The maximum atomic E-state index is 11.7. The van der Waals surface area contributed by atoms with Gasteiger partial charge in [0.15, 0.2) is 0 Å². The van der Waals surface area contributed by atoms with E-state index in [1.807, 2.05) is 6.92 Å². The van der Waals surface area contributed by atoms with Crippen LogP contribution >= 0.6 is 11.6 Å². The molecule has 0 bridgehead atoms. The molecule has 0 saturated carbocycles. The molecule has 6 heteroatoms. The molecular weight excluding hydrogens is 250 g/mol. The van der Waals surface area contributed by atoms with Crippen molar-refractivity contribution >= 4 is 21.6 Å². The molecule has 0 aromatic heterocycles. The Morgan fingerprint density at radius 2 is 2.25 bits per heavy atom. The number of rotatable bonds is 7. The van der Waals surface area contributed by atoms with Crippen LogP contribution in [0.1, 0.15) is 32.6 Å². The van der Waals surface area contributed by atoms with Gasteiger partial charge in [0, 0.05) is 18.5 Å². The van der Waals surface area contributed by atoms with E-state index in [0.29, 0.717) is 12.3 Å². The van der Waals surface area contributed by atoms with Gasteiger partial charge in [-0.25, -0.2) is 13.1 Å². The molecule has 1 aliphatic heterocycles. The van der Waals surface area contributed by atoms with Gasteiger partial charge in [0.2, 0.25) is 10.0 Å². The summed E-state index contributed by atoms with van der Waals surface area (Å²) in [5, 5.41) is 0. The van der Waals surface area contributed by atoms with Gasteiger partial charge in [-0.05, 0) is 32.6 Å². The minimum absolute atomic E-state index is 0.0304. The van der Waals surface area contributed by atoms with Crippen molar-refractivity contribution in [1.29, 1.82) is 0 Å². The summed E-state index contributed by atoms with van der Waals surface area (Å²) in [6.45, 7) is 2.60. The predicted octanol–water partition coefficient (Wildman–Crippen LogP) is 1.49. The minimum Gasteiger partial charge on any atom is -0.377 e. The Labute approximate surface area is 103 Å². The van der Waals surface area contributed by atoms with Crippen molar-refractivity contribution in [2.75, 3.05) is 18.2 Å². The molecule has 0 amide bonds. The average Bonchev–Trinajstić information content (AvgIpc) is 2.69. The SMILES string of the molecule is CC(NS(=O)(=O)CCCCCl)C1CCCO1. The fourth-order valence-electron chi connectivity index (χ4n) is 1.80. The first-order chi connectivity index (χ1) is 7.55. The molecule has 2 unspecified atom stereocenters. The first kappa shape index (κ1) is 14.2. The molecule has 1 rings (SSSR count). The zero-order valence-electron chi connectivity index (χ0n) is 9.62. The van der Waals surface area contributed by atoms with Gasteiger partial charge in [-0.1, -0.05) is 0 Å². The van der Waals surface area contributed by atoms with Gasteiger partial charge in [0.1, 0.15) is 0 Å². The van der Waals surface area contributed by atoms with Crippen LogP contribution in [0.25, 0.3) is 0 Å². The summed E-state index contributed by atoms with van der Waals surface area (Å²) in [6, 6.07) is -0.136. The highest BCUT2D eigenvalue weighted by Gasteiger charge is 2.25. The van der Waals surface area contributed by atoms with E-state index in [-0.39, 0.29) is 17.9 Å². The van der Waals surface area contributed by atoms with E-state index in [2.05, 4.69) is 4.72 Å². The molecule has 2 atom stereocenters. The minimum atomic E-state index is -3.18. The van der Waals surface area contributed by atoms with Gasteiger partial charge < -0.3 is 4.74 Å². The molecule has 96 valence electrons. The van der Waals surface area contributed by atoms with E-state index in [9.17, 15) is 8.42 Å². The summed E-state index contributed by atoms with van der Waals surface area (Å²) in [6.07, 6.45) is 3.32. The summed E-state index contributed by atoms with van der Waals surface area (Å²) in [5.41, 5.74) is 0. The monoisotopic (exact) mass is 269 g/mol. The van der Waals surface area contributed by atoms with Crippen LogP contribution in [0.15, 0.2) is 0 Å². The Bertz CT molecular complexity index is 288. The molecule has 0 aromatic rings. The first-order valence-corrected chi connectivity index (χ1v) is 7.91. The lowest BCUT2D eigenvalue weighted by molar-refractivity contribution is 0.0902. The molecule has 1 N–H and O–H groups in total. The van der Waals surface area contributed by atoms with Crippen molar-refractivity contribution in [3.05, 3.63) is 0 Å². The lowest BCUT2D eigenvalue weighted by atomic mass is 10.1. The zero-order valence-corrected chi connectivity index (χ0v) is 11.2. The molecule has 1 fully saturated rings. The molecular formula is C10H20ClNO3S. The van der Waals surface area contributed by atoms with Crippen molar-refractivity contribution in [3.63, 3.8) is 0 Å². The second-order valence-corrected chi connectivity index (χ2v) is 6.42. The van der Waals surface area contributed by atoms with Crippen LogP contribution in [0.4, 0.5) is 0 Å². The second kappa shape index (κ2) is 6.79. The van der Waals surface area contributed by atoms with E-state index >= 15 is 0 Å². The lowest BCUT2D eigenvalue weighted by Gasteiger charge is -2.19. The maximum Gasteiger partial charge on any atom is 0.211 e. The van der Waals surface area contributed by atoms with Crippen LogP contribution in [0.5, 0.6) is 0 Å². The van der Waals surface area contributed by atoms with E-state index in [1.165, 1.54) is 0 Å². The number of ether oxygens (including phenoxy) is 1. The van der Waals surface area contributed by atoms with E-state index in [1.54, 1.807) is 0 Å². The highest BCUT2D eigenvalue weighted by Crippen LogP contribution is 2.16. The Kier molecular flexibility index (Phi) is 6.03. The van der Waals surface area contributed by atoms with E-state index < -0.39 is 10.0 Å². The Balaban J connectivity index is 2.33. The Morgan fingerprint density at radius 3 is 2.81 bits per heavy atom. The number of alkyl halides is 1. The molecule has 0 spiro atoms. The van der Waals surface area contributed by atoms with Crippen LogP contribution in [0, 0.1) is 0 Å². The number of hydrogen-bond acceptors (Lipinski definition) is 3. The van der Waals surface area contributed by atoms with Crippen molar-refractivity contribution in [3.8, 4) is 0 Å². The van der Waals surface area contributed by atoms with Crippen LogP contribution in [-0.4, -0.2) is 38.8 Å². The Hall–Kier alpha value is 0.160. The van der Waals surface area contributed by atoms with E-state index in [4.69, 9.17) is 16.3 Å². The standard InChI is InChI=1S/C10H20ClNO3S/c1-9(10-5-4-7-15-10)12-16(13,14)8-3-2-6-11/h9-10,12H,2-8H2,1H3. The molecule has 1 aliphatic rings. The van der Waals surface area contributed by atoms with Gasteiger partial charge in [-0.3, -0.25) is 0 Å². The third-order valence-corrected chi connectivity index (χ3v) is 4.51. The summed E-state index contributed by atoms with van der Waals surface area (Å²) < 4.78 is 31.4. The average molecular weight is 270 g/mol. The predicted molar refractivity (Wildman–Crippen MR) is 65.3 cm³/mol. The van der Waals surface area contributed by atoms with Crippen LogP contribution in [0.2, 0.25) is 0 Å². The maximum absolute atomic E-state index is 11.7. The smallest absolute Gasteiger partial charge is 0.211 e. The number of hydrogen-bond donors (Lipinski definition) is 1. The highest BCUT2D eigenvalue weighted by atomic mass is 35.5. The van der Waals surface area contributed by atoms with E-state index in [0.717, 1.165) is 25.9 Å². The lowest BCUT2D eigenvalue weighted by Crippen LogP contribution is -2.41. The van der Waals surface area contributed by atoms with Crippen molar-refractivity contribution in [1.82, 2.24) is 4.72 Å². The molecule has 16 heavy (non-hydrogen) atoms. The molecule has 4 nitrogen and oxygen atoms in total. The van der Waals surface area contributed by atoms with Crippen molar-refractivity contribution < 1.29 is 13.2 Å². The van der Waals surface area contributed by atoms with Gasteiger partial charge in [-0.2, -0.15) is 0 Å². The van der Waals surface area contributed by atoms with Crippen LogP contribution < -0.4 is 4.72 Å². The summed E-state index contributed by atoms with van der Waals surface area (Å²) in [7, 11) is -3.18. The number of nitrogens with one attached hydrogen (secondary N) is 1. The van der Waals surface area contributed by atoms with Crippen molar-refractivity contribution in [2.45, 2.75) is 44.8 Å². The molecule has 0 aliphatic carbocycles. The van der Waals surface area contributed by atoms with Gasteiger partial charge in [-0.15, -0.1) is 11.6 Å².